The SMILES string of the molecule is CCOC(=O)/C(C#N)=C(\C)N(C)c1ccccc1. The smallest absolute Gasteiger partial charge is 0.350 e. The molecule has 18 heavy (non-hydrogen) atoms. The Morgan fingerprint density at radius 2 is 2.00 bits per heavy atom. The van der Waals surface area contributed by atoms with Crippen LogP contribution in [0, 0.1) is 11.3 Å². The standard InChI is InChI=1S/C14H16N2O2/c1-4-18-14(17)13(10-15)11(2)16(3)12-8-6-5-7-9-12/h5-9H,4H2,1-3H3/b13-11+. The summed E-state index contributed by atoms with van der Waals surface area (Å²) in [5.41, 5.74) is 1.51. The highest BCUT2D eigenvalue weighted by atomic mass is 16.5. The Labute approximate surface area is 107 Å². The van der Waals surface area contributed by atoms with Gasteiger partial charge in [-0.2, -0.15) is 5.26 Å². The van der Waals surface area contributed by atoms with Crippen LogP contribution in [0.2, 0.25) is 0 Å². The molecule has 0 N–H and O–H groups in total. The van der Waals surface area contributed by atoms with E-state index >= 15 is 0 Å². The van der Waals surface area contributed by atoms with Crippen molar-refractivity contribution in [1.82, 2.24) is 0 Å². The first-order valence-electron chi connectivity index (χ1n) is 5.68. The molecule has 1 aromatic rings. The highest BCUT2D eigenvalue weighted by Gasteiger charge is 2.16. The molecule has 0 spiro atoms. The molecule has 0 unspecified atom stereocenters. The summed E-state index contributed by atoms with van der Waals surface area (Å²) in [6.07, 6.45) is 0. The number of allylic oxidation sites excluding steroid dienone is 1. The lowest BCUT2D eigenvalue weighted by Gasteiger charge is -2.20. The summed E-state index contributed by atoms with van der Waals surface area (Å²) >= 11 is 0. The highest BCUT2D eigenvalue weighted by molar-refractivity contribution is 5.94. The molecule has 0 bridgehead atoms. The number of ether oxygens (including phenoxy) is 1. The van der Waals surface area contributed by atoms with E-state index in [9.17, 15) is 4.79 Å². The number of carbonyl (C=O) groups excluding carboxylic acids is 1. The van der Waals surface area contributed by atoms with Crippen LogP contribution in [0.25, 0.3) is 0 Å². The topological polar surface area (TPSA) is 53.3 Å². The van der Waals surface area contributed by atoms with Gasteiger partial charge in [-0.05, 0) is 26.0 Å². The number of carbonyl (C=O) groups is 1. The maximum absolute atomic E-state index is 11.6. The van der Waals surface area contributed by atoms with Gasteiger partial charge < -0.3 is 9.64 Å². The summed E-state index contributed by atoms with van der Waals surface area (Å²) in [5, 5.41) is 9.05. The molecule has 0 aliphatic rings. The van der Waals surface area contributed by atoms with Gasteiger partial charge in [-0.1, -0.05) is 18.2 Å². The Morgan fingerprint density at radius 3 is 2.50 bits per heavy atom. The van der Waals surface area contributed by atoms with Gasteiger partial charge in [0.25, 0.3) is 0 Å². The van der Waals surface area contributed by atoms with Gasteiger partial charge in [0.1, 0.15) is 6.07 Å². The average molecular weight is 244 g/mol. The van der Waals surface area contributed by atoms with E-state index in [1.807, 2.05) is 36.4 Å². The van der Waals surface area contributed by atoms with Crippen molar-refractivity contribution < 1.29 is 9.53 Å². The lowest BCUT2D eigenvalue weighted by Crippen LogP contribution is -2.19. The zero-order valence-electron chi connectivity index (χ0n) is 10.8. The number of hydrogen-bond donors (Lipinski definition) is 0. The second-order valence-corrected chi connectivity index (χ2v) is 3.69. The Balaban J connectivity index is 3.06. The van der Waals surface area contributed by atoms with Crippen LogP contribution < -0.4 is 4.90 Å². The Bertz CT molecular complexity index is 486. The molecule has 0 fully saturated rings. The van der Waals surface area contributed by atoms with Crippen LogP contribution in [-0.2, 0) is 9.53 Å². The van der Waals surface area contributed by atoms with E-state index in [1.54, 1.807) is 25.8 Å². The average Bonchev–Trinajstić information content (AvgIpc) is 2.40. The maximum Gasteiger partial charge on any atom is 0.350 e. The fourth-order valence-corrected chi connectivity index (χ4v) is 1.49. The molecule has 1 rings (SSSR count). The molecule has 0 aromatic heterocycles. The van der Waals surface area contributed by atoms with Crippen LogP contribution in [0.3, 0.4) is 0 Å². The number of para-hydroxylation sites is 1. The molecule has 0 aliphatic heterocycles. The fourth-order valence-electron chi connectivity index (χ4n) is 1.49. The van der Waals surface area contributed by atoms with Crippen molar-refractivity contribution in [3.05, 3.63) is 41.6 Å². The highest BCUT2D eigenvalue weighted by Crippen LogP contribution is 2.19. The molecule has 0 aliphatic carbocycles. The Kier molecular flexibility index (Phi) is 4.94. The number of esters is 1. The minimum Gasteiger partial charge on any atom is -0.462 e. The molecular weight excluding hydrogens is 228 g/mol. The minimum atomic E-state index is -0.583. The number of nitriles is 1. The largest absolute Gasteiger partial charge is 0.462 e. The van der Waals surface area contributed by atoms with Gasteiger partial charge in [-0.15, -0.1) is 0 Å². The van der Waals surface area contributed by atoms with Gasteiger partial charge >= 0.3 is 5.97 Å². The number of hydrogen-bond acceptors (Lipinski definition) is 4. The first-order valence-corrected chi connectivity index (χ1v) is 5.68. The second kappa shape index (κ2) is 6.45. The van der Waals surface area contributed by atoms with Crippen molar-refractivity contribution in [3.63, 3.8) is 0 Å². The van der Waals surface area contributed by atoms with Crippen molar-refractivity contribution in [1.29, 1.82) is 5.26 Å². The van der Waals surface area contributed by atoms with Gasteiger partial charge in [-0.3, -0.25) is 0 Å². The predicted molar refractivity (Wildman–Crippen MR) is 69.8 cm³/mol. The van der Waals surface area contributed by atoms with E-state index < -0.39 is 5.97 Å². The quantitative estimate of drug-likeness (QED) is 0.464. The Morgan fingerprint density at radius 1 is 1.39 bits per heavy atom. The number of benzene rings is 1. The van der Waals surface area contributed by atoms with Gasteiger partial charge in [0.2, 0.25) is 0 Å². The second-order valence-electron chi connectivity index (χ2n) is 3.69. The van der Waals surface area contributed by atoms with E-state index in [4.69, 9.17) is 10.00 Å². The molecule has 1 aromatic carbocycles. The monoisotopic (exact) mass is 244 g/mol. The molecule has 0 saturated heterocycles. The first kappa shape index (κ1) is 13.8. The number of anilines is 1. The van der Waals surface area contributed by atoms with Gasteiger partial charge in [0.05, 0.1) is 6.61 Å². The van der Waals surface area contributed by atoms with Crippen molar-refractivity contribution in [3.8, 4) is 6.07 Å². The third-order valence-electron chi connectivity index (χ3n) is 2.60. The molecule has 0 heterocycles. The van der Waals surface area contributed by atoms with E-state index in [2.05, 4.69) is 0 Å². The number of nitrogens with zero attached hydrogens (tertiary/aromatic N) is 2. The molecule has 0 radical (unpaired) electrons. The van der Waals surface area contributed by atoms with Crippen molar-refractivity contribution >= 4 is 11.7 Å². The third-order valence-corrected chi connectivity index (χ3v) is 2.60. The van der Waals surface area contributed by atoms with Crippen LogP contribution >= 0.6 is 0 Å². The lowest BCUT2D eigenvalue weighted by molar-refractivity contribution is -0.138. The maximum atomic E-state index is 11.6. The van der Waals surface area contributed by atoms with E-state index in [1.165, 1.54) is 0 Å². The van der Waals surface area contributed by atoms with Crippen LogP contribution in [0.4, 0.5) is 5.69 Å². The fraction of sp³-hybridized carbons (Fsp3) is 0.286. The van der Waals surface area contributed by atoms with Crippen LogP contribution in [0.1, 0.15) is 13.8 Å². The molecule has 4 heteroatoms. The van der Waals surface area contributed by atoms with Crippen molar-refractivity contribution in [2.45, 2.75) is 13.8 Å². The third kappa shape index (κ3) is 3.11. The number of rotatable bonds is 4. The van der Waals surface area contributed by atoms with E-state index in [0.29, 0.717) is 5.70 Å². The van der Waals surface area contributed by atoms with Crippen LogP contribution in [0.5, 0.6) is 0 Å². The minimum absolute atomic E-state index is 0.0307. The zero-order chi connectivity index (χ0) is 13.5. The van der Waals surface area contributed by atoms with Crippen LogP contribution in [-0.4, -0.2) is 19.6 Å². The Hall–Kier alpha value is -2.28. The molecular formula is C14H16N2O2. The molecule has 4 nitrogen and oxygen atoms in total. The lowest BCUT2D eigenvalue weighted by atomic mass is 10.2. The summed E-state index contributed by atoms with van der Waals surface area (Å²) in [6, 6.07) is 11.4. The van der Waals surface area contributed by atoms with Crippen molar-refractivity contribution in [2.75, 3.05) is 18.6 Å². The summed E-state index contributed by atoms with van der Waals surface area (Å²) in [7, 11) is 1.81. The molecule has 94 valence electrons. The molecule has 0 saturated carbocycles. The van der Waals surface area contributed by atoms with Gasteiger partial charge in [-0.25, -0.2) is 4.79 Å². The zero-order valence-corrected chi connectivity index (χ0v) is 10.8. The molecule has 0 atom stereocenters. The van der Waals surface area contributed by atoms with E-state index in [-0.39, 0.29) is 12.2 Å². The van der Waals surface area contributed by atoms with Gasteiger partial charge in [0, 0.05) is 18.4 Å². The predicted octanol–water partition coefficient (Wildman–Crippen LogP) is 2.48. The summed E-state index contributed by atoms with van der Waals surface area (Å²) in [5.74, 6) is -0.583. The summed E-state index contributed by atoms with van der Waals surface area (Å²) in [4.78, 5) is 13.4. The van der Waals surface area contributed by atoms with Gasteiger partial charge in [0.15, 0.2) is 5.57 Å². The van der Waals surface area contributed by atoms with E-state index in [0.717, 1.165) is 5.69 Å². The summed E-state index contributed by atoms with van der Waals surface area (Å²) in [6.45, 7) is 3.69. The van der Waals surface area contributed by atoms with Crippen molar-refractivity contribution in [2.24, 2.45) is 0 Å². The first-order chi connectivity index (χ1) is 8.61. The van der Waals surface area contributed by atoms with Crippen LogP contribution in [0.15, 0.2) is 41.6 Å². The normalized spacial score (nSPS) is 11.2. The molecule has 0 amide bonds. The summed E-state index contributed by atoms with van der Waals surface area (Å²) < 4.78 is 4.86.